The first-order chi connectivity index (χ1) is 54.9. The zero-order chi connectivity index (χ0) is 85.5. The average Bonchev–Trinajstić information content (AvgIpc) is 1.67. The Kier molecular flexibility index (Phi) is 35.6. The van der Waals surface area contributed by atoms with Crippen LogP contribution in [0.5, 0.6) is 5.75 Å². The summed E-state index contributed by atoms with van der Waals surface area (Å²) in [5.74, 6) is -16.4. The van der Waals surface area contributed by atoms with Crippen molar-refractivity contribution in [3.63, 3.8) is 0 Å². The fourth-order valence-corrected chi connectivity index (χ4v) is 12.9. The number of carbonyl (C=O) groups excluding carboxylic acids is 16. The summed E-state index contributed by atoms with van der Waals surface area (Å²) in [4.78, 5) is 230. The Hall–Kier alpha value is -13.0. The number of fused-ring (bicyclic) bond motifs is 1. The summed E-state index contributed by atoms with van der Waals surface area (Å²) in [5, 5.41) is 38.2. The van der Waals surface area contributed by atoms with Crippen molar-refractivity contribution < 1.29 is 81.8 Å². The number of carbonyl (C=O) groups is 16. The first kappa shape index (κ1) is 91.8. The molecule has 1 saturated heterocycles. The van der Waals surface area contributed by atoms with Gasteiger partial charge in [0.15, 0.2) is 5.96 Å². The number of nitrogens with zero attached hydrogens (tertiary/aromatic N) is 2. The number of amides is 16. The van der Waals surface area contributed by atoms with E-state index < -0.39 is 206 Å². The molecule has 0 unspecified atom stereocenters. The molecular weight excluding hydrogens is 1500 g/mol. The number of aliphatic imine (C=N–C) groups is 1. The van der Waals surface area contributed by atoms with Crippen molar-refractivity contribution in [2.24, 2.45) is 57.0 Å². The summed E-state index contributed by atoms with van der Waals surface area (Å²) in [6, 6.07) is 11.1. The van der Waals surface area contributed by atoms with Crippen LogP contribution in [-0.4, -0.2) is 208 Å². The molecule has 0 bridgehead atoms. The number of aromatic amines is 1. The Morgan fingerprint density at radius 2 is 0.914 bits per heavy atom. The number of nitrogens with two attached hydrogens (primary N) is 7. The predicted molar refractivity (Wildman–Crippen MR) is 424 cm³/mol. The van der Waals surface area contributed by atoms with E-state index in [4.69, 9.17) is 40.1 Å². The third-order valence-corrected chi connectivity index (χ3v) is 18.7. The number of likely N-dealkylation sites (tertiary alicyclic amines) is 1. The van der Waals surface area contributed by atoms with Crippen LogP contribution in [0.25, 0.3) is 10.9 Å². The van der Waals surface area contributed by atoms with Gasteiger partial charge in [-0.15, -0.1) is 0 Å². The third kappa shape index (κ3) is 30.1. The van der Waals surface area contributed by atoms with Gasteiger partial charge in [-0.3, -0.25) is 81.7 Å². The highest BCUT2D eigenvalue weighted by molar-refractivity contribution is 6.02. The fraction of sp³-hybridized carbons (Fsp3) is 0.449. The van der Waals surface area contributed by atoms with E-state index in [-0.39, 0.29) is 75.2 Å². The van der Waals surface area contributed by atoms with Crippen LogP contribution >= 0.6 is 0 Å². The lowest BCUT2D eigenvalue weighted by Gasteiger charge is -2.29. The third-order valence-electron chi connectivity index (χ3n) is 18.7. The van der Waals surface area contributed by atoms with Gasteiger partial charge in [-0.2, -0.15) is 0 Å². The van der Waals surface area contributed by atoms with E-state index in [0.29, 0.717) is 46.0 Å². The molecule has 0 radical (unpaired) electrons. The lowest BCUT2D eigenvalue weighted by Crippen LogP contribution is -2.61. The van der Waals surface area contributed by atoms with Crippen molar-refractivity contribution in [1.29, 1.82) is 0 Å². The molecule has 38 heteroatoms. The SMILES string of the molecule is CC(C)C[C@H](NC(=O)CNC(=O)[C@H](Cc1ccccc1)NC(=O)[C@H](C)NC(=O)[C@H](CC(N)=O)NC(=O)[C@H](Cc1c[nH]c2ccccc12)NC(=O)[C@H](CC(N)=O)NC(=O)[C@H](Cc1ccc(O)cc1)NC(=O)[C@H](CC(N)=O)NC(=O)[C@@H]1CCCN1C(=O)[C@@H](N)CC(C)C)C(=O)N[C@@H](CCCN=C(N)N)C(=O)N[C@@H](Cc1ccccc1)C(N)=O. The van der Waals surface area contributed by atoms with Gasteiger partial charge in [-0.25, -0.2) is 0 Å². The molecule has 0 aliphatic carbocycles. The van der Waals surface area contributed by atoms with Crippen molar-refractivity contribution in [2.75, 3.05) is 19.6 Å². The van der Waals surface area contributed by atoms with Crippen LogP contribution in [0.3, 0.4) is 0 Å². The number of hydrogen-bond donors (Lipinski definition) is 20. The van der Waals surface area contributed by atoms with Gasteiger partial charge in [-0.1, -0.05) is 119 Å². The summed E-state index contributed by atoms with van der Waals surface area (Å²) in [6.45, 7) is 7.94. The maximum absolute atomic E-state index is 14.9. The van der Waals surface area contributed by atoms with Crippen LogP contribution in [0.1, 0.15) is 115 Å². The minimum atomic E-state index is -1.97. The Labute approximate surface area is 669 Å². The minimum absolute atomic E-state index is 0.0315. The molecule has 6 rings (SSSR count). The molecule has 1 fully saturated rings. The van der Waals surface area contributed by atoms with Gasteiger partial charge >= 0.3 is 0 Å². The molecule has 4 aromatic carbocycles. The Balaban J connectivity index is 1.19. The molecule has 0 saturated carbocycles. The molecule has 12 atom stereocenters. The first-order valence-electron chi connectivity index (χ1n) is 37.9. The van der Waals surface area contributed by atoms with Crippen molar-refractivity contribution in [2.45, 2.75) is 191 Å². The first-order valence-corrected chi connectivity index (χ1v) is 37.9. The Morgan fingerprint density at radius 3 is 1.45 bits per heavy atom. The highest BCUT2D eigenvalue weighted by atomic mass is 16.3. The molecule has 27 N–H and O–H groups in total. The van der Waals surface area contributed by atoms with Crippen LogP contribution < -0.4 is 98.6 Å². The number of hydrogen-bond acceptors (Lipinski definition) is 19. The molecule has 5 aromatic rings. The molecule has 16 amide bonds. The van der Waals surface area contributed by atoms with E-state index in [0.717, 1.165) is 0 Å². The van der Waals surface area contributed by atoms with Crippen molar-refractivity contribution in [3.05, 3.63) is 138 Å². The van der Waals surface area contributed by atoms with Crippen LogP contribution in [0.2, 0.25) is 0 Å². The number of phenolic OH excluding ortho intramolecular Hbond substituents is 1. The molecule has 1 aliphatic heterocycles. The van der Waals surface area contributed by atoms with Gasteiger partial charge in [0.2, 0.25) is 94.5 Å². The number of phenols is 1. The average molecular weight is 1610 g/mol. The summed E-state index contributed by atoms with van der Waals surface area (Å²) < 4.78 is 0. The van der Waals surface area contributed by atoms with Crippen LogP contribution in [-0.2, 0) is 102 Å². The monoisotopic (exact) mass is 1610 g/mol. The number of rotatable bonds is 46. The van der Waals surface area contributed by atoms with Crippen LogP contribution in [0.4, 0.5) is 0 Å². The summed E-state index contributed by atoms with van der Waals surface area (Å²) in [7, 11) is 0. The van der Waals surface area contributed by atoms with Gasteiger partial charge in [0, 0.05) is 55.9 Å². The smallest absolute Gasteiger partial charge is 0.243 e. The largest absolute Gasteiger partial charge is 0.508 e. The van der Waals surface area contributed by atoms with Gasteiger partial charge in [0.1, 0.15) is 72.2 Å². The van der Waals surface area contributed by atoms with Crippen molar-refractivity contribution in [1.82, 2.24) is 68.4 Å². The molecule has 626 valence electrons. The van der Waals surface area contributed by atoms with E-state index >= 15 is 0 Å². The standard InChI is InChI=1S/C78H107N21O17/c1-41(2)30-50(79)77(116)99-29-15-23-61(99)76(115)98-60(38-64(82)103)75(114)94-56(34-46-24-26-48(100)27-25-46)72(111)97-59(37-63(81)102)74(113)95-57(35-47-39-87-51-21-13-12-20-49(47)51)73(112)96-58(36-62(80)101)70(109)89-43(5)67(106)93-55(33-45-18-10-7-11-19-45)68(107)88-40-65(104)90-54(31-42(3)4)71(110)91-52(22-14-28-86-78(84)85)69(108)92-53(66(83)105)32-44-16-8-6-9-17-44/h6-13,16-21,24-27,39,41-43,50,52-61,87,100H,14-15,22-23,28-38,40,79H2,1-5H3,(H2,80,101)(H2,81,102)(H2,82,103)(H2,83,105)(H,88,107)(H,89,109)(H,90,104)(H,91,110)(H,92,108)(H,93,106)(H,94,114)(H,95,113)(H,96,112)(H,97,111)(H,98,115)(H4,84,85,86)/t43-,50-,52-,53-,54-,55-,56-,57-,58-,59-,60-,61-/m0/s1. The Bertz CT molecular complexity index is 4330. The summed E-state index contributed by atoms with van der Waals surface area (Å²) >= 11 is 0. The zero-order valence-electron chi connectivity index (χ0n) is 65.3. The maximum Gasteiger partial charge on any atom is 0.243 e. The Morgan fingerprint density at radius 1 is 0.474 bits per heavy atom. The van der Waals surface area contributed by atoms with E-state index in [2.05, 4.69) is 68.5 Å². The normalized spacial score (nSPS) is 15.3. The van der Waals surface area contributed by atoms with Crippen LogP contribution in [0.15, 0.2) is 120 Å². The number of H-pyrrole nitrogens is 1. The van der Waals surface area contributed by atoms with E-state index in [1.165, 1.54) is 42.3 Å². The number of primary amides is 4. The number of nitrogens with one attached hydrogen (secondary N) is 12. The van der Waals surface area contributed by atoms with Gasteiger partial charge in [0.05, 0.1) is 31.8 Å². The fourth-order valence-electron chi connectivity index (χ4n) is 12.9. The highest BCUT2D eigenvalue weighted by Crippen LogP contribution is 2.23. The number of aromatic nitrogens is 1. The second-order valence-corrected chi connectivity index (χ2v) is 29.3. The quantitative estimate of drug-likeness (QED) is 0.00996. The van der Waals surface area contributed by atoms with E-state index in [9.17, 15) is 81.8 Å². The number of guanidine groups is 1. The minimum Gasteiger partial charge on any atom is -0.508 e. The lowest BCUT2D eigenvalue weighted by atomic mass is 10.0. The second kappa shape index (κ2) is 45.0. The van der Waals surface area contributed by atoms with Crippen molar-refractivity contribution >= 4 is 111 Å². The maximum atomic E-state index is 14.9. The van der Waals surface area contributed by atoms with Gasteiger partial charge in [-0.05, 0) is 97.7 Å². The van der Waals surface area contributed by atoms with E-state index in [1.807, 2.05) is 13.8 Å². The lowest BCUT2D eigenvalue weighted by molar-refractivity contribution is -0.141. The number of aromatic hydroxyl groups is 1. The molecule has 38 nitrogen and oxygen atoms in total. The highest BCUT2D eigenvalue weighted by Gasteiger charge is 2.41. The molecule has 0 spiro atoms. The van der Waals surface area contributed by atoms with Gasteiger partial charge < -0.3 is 114 Å². The molecule has 1 aliphatic rings. The van der Waals surface area contributed by atoms with Crippen LogP contribution in [0, 0.1) is 11.8 Å². The molecular formula is C78H107N21O17. The van der Waals surface area contributed by atoms with Gasteiger partial charge in [0.25, 0.3) is 0 Å². The molecule has 1 aromatic heterocycles. The summed E-state index contributed by atoms with van der Waals surface area (Å²) in [6.07, 6.45) is -1.09. The molecule has 2 heterocycles. The number of benzene rings is 4. The van der Waals surface area contributed by atoms with E-state index in [1.54, 1.807) is 98.8 Å². The summed E-state index contributed by atoms with van der Waals surface area (Å²) in [5.41, 5.74) is 42.3. The predicted octanol–water partition coefficient (Wildman–Crippen LogP) is -4.30. The molecule has 116 heavy (non-hydrogen) atoms. The second-order valence-electron chi connectivity index (χ2n) is 29.3. The number of para-hydroxylation sites is 1. The zero-order valence-corrected chi connectivity index (χ0v) is 65.3. The topological polar surface area (TPSA) is 639 Å². The van der Waals surface area contributed by atoms with Crippen molar-refractivity contribution in [3.8, 4) is 5.75 Å².